The lowest BCUT2D eigenvalue weighted by molar-refractivity contribution is 0.0933. The van der Waals surface area contributed by atoms with Crippen molar-refractivity contribution in [3.8, 4) is 5.75 Å². The van der Waals surface area contributed by atoms with Crippen molar-refractivity contribution in [2.75, 3.05) is 26.2 Å². The van der Waals surface area contributed by atoms with Crippen LogP contribution in [-0.2, 0) is 0 Å². The first kappa shape index (κ1) is 20.3. The molecule has 0 bridgehead atoms. The van der Waals surface area contributed by atoms with Gasteiger partial charge >= 0.3 is 0 Å². The maximum atomic E-state index is 12.5. The molecule has 1 aliphatic heterocycles. The van der Waals surface area contributed by atoms with E-state index in [0.29, 0.717) is 24.5 Å². The molecule has 1 unspecified atom stereocenters. The molecule has 0 aliphatic carbocycles. The van der Waals surface area contributed by atoms with E-state index in [-0.39, 0.29) is 24.4 Å². The van der Waals surface area contributed by atoms with Gasteiger partial charge in [0.15, 0.2) is 0 Å². The highest BCUT2D eigenvalue weighted by molar-refractivity contribution is 5.94. The number of nitrogens with one attached hydrogen (secondary N) is 1. The number of carbonyl (C=O) groups is 1. The molecule has 26 heavy (non-hydrogen) atoms. The third-order valence-corrected chi connectivity index (χ3v) is 4.53. The number of ether oxygens (including phenoxy) is 1. The summed E-state index contributed by atoms with van der Waals surface area (Å²) >= 11 is 0. The Kier molecular flexibility index (Phi) is 7.54. The van der Waals surface area contributed by atoms with Gasteiger partial charge in [-0.05, 0) is 70.1 Å². The molecule has 1 N–H and O–H groups in total. The molecule has 6 heteroatoms. The third-order valence-electron chi connectivity index (χ3n) is 4.53. The highest BCUT2D eigenvalue weighted by atomic mass is 35.5. The average molecular weight is 379 g/mol. The molecule has 0 saturated carbocycles. The van der Waals surface area contributed by atoms with Gasteiger partial charge in [-0.25, -0.2) is 0 Å². The number of likely N-dealkylation sites (tertiary alicyclic amines) is 1. The van der Waals surface area contributed by atoms with Gasteiger partial charge in [0.25, 0.3) is 5.91 Å². The third kappa shape index (κ3) is 5.02. The maximum Gasteiger partial charge on any atom is 0.251 e. The summed E-state index contributed by atoms with van der Waals surface area (Å²) in [6.07, 6.45) is 2.39. The van der Waals surface area contributed by atoms with Gasteiger partial charge in [-0.2, -0.15) is 0 Å². The second kappa shape index (κ2) is 9.64. The average Bonchev–Trinajstić information content (AvgIpc) is 3.28. The van der Waals surface area contributed by atoms with Crippen molar-refractivity contribution >= 4 is 18.3 Å². The summed E-state index contributed by atoms with van der Waals surface area (Å²) in [7, 11) is 0. The molecule has 1 atom stereocenters. The molecule has 1 aromatic carbocycles. The molecule has 1 aliphatic rings. The van der Waals surface area contributed by atoms with E-state index in [9.17, 15) is 4.79 Å². The lowest BCUT2D eigenvalue weighted by atomic mass is 10.1. The van der Waals surface area contributed by atoms with Crippen LogP contribution in [0.15, 0.2) is 40.8 Å². The molecule has 1 amide bonds. The van der Waals surface area contributed by atoms with Gasteiger partial charge in [0.05, 0.1) is 12.6 Å². The van der Waals surface area contributed by atoms with Crippen LogP contribution in [0.2, 0.25) is 0 Å². The maximum absolute atomic E-state index is 12.5. The molecule has 2 heterocycles. The number of benzene rings is 1. The lowest BCUT2D eigenvalue weighted by Gasteiger charge is -2.26. The number of rotatable bonds is 7. The van der Waals surface area contributed by atoms with Crippen LogP contribution in [0.25, 0.3) is 0 Å². The molecule has 5 nitrogen and oxygen atoms in total. The molecule has 1 saturated heterocycles. The topological polar surface area (TPSA) is 54.7 Å². The van der Waals surface area contributed by atoms with Gasteiger partial charge in [0, 0.05) is 12.1 Å². The number of halogens is 1. The predicted molar refractivity (Wildman–Crippen MR) is 104 cm³/mol. The van der Waals surface area contributed by atoms with Crippen LogP contribution in [0.5, 0.6) is 5.75 Å². The second-order valence-corrected chi connectivity index (χ2v) is 6.38. The van der Waals surface area contributed by atoms with Gasteiger partial charge in [-0.3, -0.25) is 9.69 Å². The van der Waals surface area contributed by atoms with E-state index in [0.717, 1.165) is 24.6 Å². The fourth-order valence-electron chi connectivity index (χ4n) is 3.28. The Labute approximate surface area is 161 Å². The van der Waals surface area contributed by atoms with Gasteiger partial charge in [-0.1, -0.05) is 6.07 Å². The summed E-state index contributed by atoms with van der Waals surface area (Å²) in [5.41, 5.74) is 0.613. The van der Waals surface area contributed by atoms with Crippen LogP contribution in [0.4, 0.5) is 0 Å². The highest BCUT2D eigenvalue weighted by Gasteiger charge is 2.26. The zero-order valence-corrected chi connectivity index (χ0v) is 16.2. The van der Waals surface area contributed by atoms with E-state index >= 15 is 0 Å². The molecule has 0 radical (unpaired) electrons. The smallest absolute Gasteiger partial charge is 0.251 e. The van der Waals surface area contributed by atoms with Gasteiger partial charge < -0.3 is 14.5 Å². The Morgan fingerprint density at radius 2 is 2.04 bits per heavy atom. The molecule has 3 rings (SSSR count). The first-order valence-electron chi connectivity index (χ1n) is 8.99. The van der Waals surface area contributed by atoms with Crippen molar-refractivity contribution in [2.45, 2.75) is 32.7 Å². The summed E-state index contributed by atoms with van der Waals surface area (Å²) in [6, 6.07) is 11.4. The minimum absolute atomic E-state index is 0. The number of aryl methyl sites for hydroxylation is 1. The summed E-state index contributed by atoms with van der Waals surface area (Å²) < 4.78 is 11.3. The van der Waals surface area contributed by atoms with Gasteiger partial charge in [0.1, 0.15) is 17.3 Å². The van der Waals surface area contributed by atoms with Crippen LogP contribution in [0.1, 0.15) is 47.7 Å². The van der Waals surface area contributed by atoms with E-state index in [2.05, 4.69) is 10.2 Å². The Bertz CT molecular complexity index is 711. The van der Waals surface area contributed by atoms with Crippen molar-refractivity contribution < 1.29 is 13.9 Å². The number of furan rings is 1. The SMILES string of the molecule is CCOc1cccc(C(=O)NCC(c2ccc(C)o2)N2CCCC2)c1.Cl. The van der Waals surface area contributed by atoms with Crippen molar-refractivity contribution in [3.05, 3.63) is 53.5 Å². The lowest BCUT2D eigenvalue weighted by Crippen LogP contribution is -2.36. The molecular weight excluding hydrogens is 352 g/mol. The van der Waals surface area contributed by atoms with E-state index in [1.807, 2.05) is 38.1 Å². The quantitative estimate of drug-likeness (QED) is 0.791. The number of hydrogen-bond acceptors (Lipinski definition) is 4. The van der Waals surface area contributed by atoms with E-state index in [4.69, 9.17) is 9.15 Å². The van der Waals surface area contributed by atoms with Crippen molar-refractivity contribution in [1.82, 2.24) is 10.2 Å². The molecule has 1 fully saturated rings. The van der Waals surface area contributed by atoms with Crippen LogP contribution in [-0.4, -0.2) is 37.0 Å². The standard InChI is InChI=1S/C20H26N2O3.ClH/c1-3-24-17-8-6-7-16(13-17)20(23)21-14-18(22-11-4-5-12-22)19-10-9-15(2)25-19;/h6-10,13,18H,3-5,11-12,14H2,1-2H3,(H,21,23);1H. The Morgan fingerprint density at radius 1 is 1.27 bits per heavy atom. The van der Waals surface area contributed by atoms with Crippen LogP contribution >= 0.6 is 12.4 Å². The number of nitrogens with zero attached hydrogens (tertiary/aromatic N) is 1. The first-order valence-corrected chi connectivity index (χ1v) is 8.99. The largest absolute Gasteiger partial charge is 0.494 e. The molecule has 2 aromatic rings. The van der Waals surface area contributed by atoms with E-state index < -0.39 is 0 Å². The summed E-state index contributed by atoms with van der Waals surface area (Å²) in [4.78, 5) is 14.9. The Balaban J connectivity index is 0.00000243. The second-order valence-electron chi connectivity index (χ2n) is 6.38. The molecular formula is C20H27ClN2O3. The Morgan fingerprint density at radius 3 is 2.69 bits per heavy atom. The van der Waals surface area contributed by atoms with Crippen LogP contribution in [0.3, 0.4) is 0 Å². The van der Waals surface area contributed by atoms with Gasteiger partial charge in [0.2, 0.25) is 0 Å². The monoisotopic (exact) mass is 378 g/mol. The van der Waals surface area contributed by atoms with Crippen LogP contribution < -0.4 is 10.1 Å². The van der Waals surface area contributed by atoms with Crippen molar-refractivity contribution in [1.29, 1.82) is 0 Å². The van der Waals surface area contributed by atoms with Crippen LogP contribution in [0, 0.1) is 6.92 Å². The number of hydrogen-bond donors (Lipinski definition) is 1. The van der Waals surface area contributed by atoms with Gasteiger partial charge in [-0.15, -0.1) is 12.4 Å². The summed E-state index contributed by atoms with van der Waals surface area (Å²) in [6.45, 7) is 7.08. The summed E-state index contributed by atoms with van der Waals surface area (Å²) in [5, 5.41) is 3.06. The highest BCUT2D eigenvalue weighted by Crippen LogP contribution is 2.26. The van der Waals surface area contributed by atoms with E-state index in [1.165, 1.54) is 12.8 Å². The molecule has 0 spiro atoms. The fourth-order valence-corrected chi connectivity index (χ4v) is 3.28. The normalized spacial score (nSPS) is 15.3. The Hall–Kier alpha value is -1.98. The number of carbonyl (C=O) groups excluding carboxylic acids is 1. The van der Waals surface area contributed by atoms with E-state index in [1.54, 1.807) is 12.1 Å². The predicted octanol–water partition coefficient (Wildman–Crippen LogP) is 3.98. The van der Waals surface area contributed by atoms with Crippen molar-refractivity contribution in [3.63, 3.8) is 0 Å². The molecule has 1 aromatic heterocycles. The molecule has 142 valence electrons. The first-order chi connectivity index (χ1) is 12.2. The summed E-state index contributed by atoms with van der Waals surface area (Å²) in [5.74, 6) is 2.44. The number of amides is 1. The zero-order valence-electron chi connectivity index (χ0n) is 15.4. The minimum atomic E-state index is -0.0889. The van der Waals surface area contributed by atoms with Crippen molar-refractivity contribution in [2.24, 2.45) is 0 Å². The minimum Gasteiger partial charge on any atom is -0.494 e. The zero-order chi connectivity index (χ0) is 17.6. The fraction of sp³-hybridized carbons (Fsp3) is 0.450.